The lowest BCUT2D eigenvalue weighted by molar-refractivity contribution is -0.138. The minimum Gasteiger partial charge on any atom is -0.381 e. The van der Waals surface area contributed by atoms with Gasteiger partial charge in [0, 0.05) is 37.6 Å². The Bertz CT molecular complexity index is 1190. The molecule has 1 unspecified atom stereocenters. The maximum atomic E-state index is 13.6. The predicted octanol–water partition coefficient (Wildman–Crippen LogP) is 4.91. The molecule has 2 aromatic rings. The largest absolute Gasteiger partial charge is 0.416 e. The third-order valence-corrected chi connectivity index (χ3v) is 7.72. The molecule has 7 nitrogen and oxygen atoms in total. The van der Waals surface area contributed by atoms with E-state index in [4.69, 9.17) is 4.74 Å². The van der Waals surface area contributed by atoms with Crippen LogP contribution < -0.4 is 16.2 Å². The summed E-state index contributed by atoms with van der Waals surface area (Å²) >= 11 is 0. The summed E-state index contributed by atoms with van der Waals surface area (Å²) in [5, 5.41) is 6.33. The van der Waals surface area contributed by atoms with E-state index in [9.17, 15) is 22.8 Å². The van der Waals surface area contributed by atoms with Crippen LogP contribution in [0.15, 0.2) is 35.3 Å². The first-order valence-electron chi connectivity index (χ1n) is 13.3. The Morgan fingerprint density at radius 3 is 2.58 bits per heavy atom. The van der Waals surface area contributed by atoms with Gasteiger partial charge in [-0.25, -0.2) is 0 Å². The number of nitrogens with one attached hydrogen (secondary N) is 2. The molecule has 1 aromatic heterocycles. The van der Waals surface area contributed by atoms with Gasteiger partial charge in [0.15, 0.2) is 0 Å². The van der Waals surface area contributed by atoms with Crippen molar-refractivity contribution >= 4 is 11.6 Å². The lowest BCUT2D eigenvalue weighted by atomic mass is 9.97. The van der Waals surface area contributed by atoms with Crippen molar-refractivity contribution in [3.05, 3.63) is 63.1 Å². The lowest BCUT2D eigenvalue weighted by Gasteiger charge is -2.27. The summed E-state index contributed by atoms with van der Waals surface area (Å²) in [6.45, 7) is 6.07. The second-order valence-corrected chi connectivity index (χ2v) is 10.5. The van der Waals surface area contributed by atoms with Gasteiger partial charge < -0.3 is 24.8 Å². The SMILES string of the molecule is Cc1c([C@@H](C)NC(=O)c2cn(C3CCOCC3)c(=O)cc2NC2CCCN(C)CC2)cccc1C(F)(F)F. The maximum absolute atomic E-state index is 13.6. The molecule has 0 aliphatic carbocycles. The van der Waals surface area contributed by atoms with Gasteiger partial charge in [0.05, 0.1) is 22.9 Å². The Labute approximate surface area is 221 Å². The zero-order valence-corrected chi connectivity index (χ0v) is 22.2. The second-order valence-electron chi connectivity index (χ2n) is 10.5. The number of rotatable bonds is 6. The molecular formula is C28H37F3N4O3. The van der Waals surface area contributed by atoms with Crippen LogP contribution in [0.4, 0.5) is 18.9 Å². The van der Waals surface area contributed by atoms with Crippen LogP contribution in [0.1, 0.15) is 78.2 Å². The zero-order chi connectivity index (χ0) is 27.4. The summed E-state index contributed by atoms with van der Waals surface area (Å²) in [4.78, 5) is 29.0. The van der Waals surface area contributed by atoms with Crippen molar-refractivity contribution < 1.29 is 22.7 Å². The van der Waals surface area contributed by atoms with E-state index in [2.05, 4.69) is 22.6 Å². The van der Waals surface area contributed by atoms with Crippen molar-refractivity contribution in [1.29, 1.82) is 0 Å². The first-order chi connectivity index (χ1) is 18.0. The van der Waals surface area contributed by atoms with Crippen LogP contribution in [-0.4, -0.2) is 54.8 Å². The topological polar surface area (TPSA) is 75.6 Å². The molecule has 1 aromatic carbocycles. The van der Waals surface area contributed by atoms with Gasteiger partial charge in [0.25, 0.3) is 11.5 Å². The Kier molecular flexibility index (Phi) is 8.82. The van der Waals surface area contributed by atoms with Crippen LogP contribution in [0.3, 0.4) is 0 Å². The molecule has 0 spiro atoms. The summed E-state index contributed by atoms with van der Waals surface area (Å²) in [5.41, 5.74) is 0.338. The molecule has 208 valence electrons. The van der Waals surface area contributed by atoms with Gasteiger partial charge in [-0.15, -0.1) is 0 Å². The van der Waals surface area contributed by atoms with E-state index in [1.54, 1.807) is 23.8 Å². The Balaban J connectivity index is 1.64. The normalized spacial score (nSPS) is 20.5. The molecule has 0 radical (unpaired) electrons. The fraction of sp³-hybridized carbons (Fsp3) is 0.571. The number of carbonyl (C=O) groups excluding carboxylic acids is 1. The van der Waals surface area contributed by atoms with Crippen molar-refractivity contribution in [2.24, 2.45) is 0 Å². The molecule has 0 bridgehead atoms. The lowest BCUT2D eigenvalue weighted by Crippen LogP contribution is -2.34. The molecule has 1 amide bonds. The molecule has 2 aliphatic rings. The summed E-state index contributed by atoms with van der Waals surface area (Å²) in [6, 6.07) is 4.84. The number of alkyl halides is 3. The fourth-order valence-corrected chi connectivity index (χ4v) is 5.48. The van der Waals surface area contributed by atoms with Gasteiger partial charge in [-0.1, -0.05) is 12.1 Å². The monoisotopic (exact) mass is 534 g/mol. The van der Waals surface area contributed by atoms with Gasteiger partial charge in [-0.2, -0.15) is 13.2 Å². The molecule has 2 aliphatic heterocycles. The van der Waals surface area contributed by atoms with Crippen LogP contribution in [0.2, 0.25) is 0 Å². The summed E-state index contributed by atoms with van der Waals surface area (Å²) < 4.78 is 47.4. The van der Waals surface area contributed by atoms with Gasteiger partial charge >= 0.3 is 6.18 Å². The number of hydrogen-bond donors (Lipinski definition) is 2. The second kappa shape index (κ2) is 11.9. The molecule has 2 saturated heterocycles. The fourth-order valence-electron chi connectivity index (χ4n) is 5.48. The number of anilines is 1. The quantitative estimate of drug-likeness (QED) is 0.551. The Morgan fingerprint density at radius 2 is 1.87 bits per heavy atom. The van der Waals surface area contributed by atoms with Crippen molar-refractivity contribution in [1.82, 2.24) is 14.8 Å². The van der Waals surface area contributed by atoms with E-state index in [1.165, 1.54) is 19.1 Å². The van der Waals surface area contributed by atoms with E-state index in [1.807, 2.05) is 0 Å². The van der Waals surface area contributed by atoms with E-state index in [0.29, 0.717) is 42.9 Å². The third kappa shape index (κ3) is 6.58. The Morgan fingerprint density at radius 1 is 1.13 bits per heavy atom. The molecule has 3 heterocycles. The van der Waals surface area contributed by atoms with Gasteiger partial charge in [0.1, 0.15) is 0 Å². The number of aromatic nitrogens is 1. The molecule has 2 atom stereocenters. The van der Waals surface area contributed by atoms with Crippen molar-refractivity contribution in [3.8, 4) is 0 Å². The minimum atomic E-state index is -4.48. The molecule has 4 rings (SSSR count). The van der Waals surface area contributed by atoms with Crippen LogP contribution >= 0.6 is 0 Å². The molecule has 10 heteroatoms. The standard InChI is InChI=1S/C28H37F3N4O3/c1-18-22(7-4-8-24(18)28(29,30)31)19(2)32-27(37)23-17-35(21-10-14-38-15-11-21)26(36)16-25(23)33-20-6-5-12-34(3)13-9-20/h4,7-8,16-17,19-21,33H,5-6,9-15H2,1-3H3,(H,32,37)/t19-,20?/m1/s1. The molecular weight excluding hydrogens is 497 g/mol. The summed E-state index contributed by atoms with van der Waals surface area (Å²) in [7, 11) is 2.08. The Hall–Kier alpha value is -2.85. The number of halogens is 3. The number of likely N-dealkylation sites (tertiary alicyclic amines) is 1. The minimum absolute atomic E-state index is 0.0773. The summed E-state index contributed by atoms with van der Waals surface area (Å²) in [5.74, 6) is -0.441. The van der Waals surface area contributed by atoms with E-state index >= 15 is 0 Å². The number of nitrogens with zero attached hydrogens (tertiary/aromatic N) is 2. The number of amides is 1. The number of benzene rings is 1. The van der Waals surface area contributed by atoms with Crippen LogP contribution in [0, 0.1) is 6.92 Å². The number of pyridine rings is 1. The average Bonchev–Trinajstić information content (AvgIpc) is 3.07. The molecule has 0 saturated carbocycles. The van der Waals surface area contributed by atoms with Gasteiger partial charge in [-0.05, 0) is 83.3 Å². The molecule has 2 N–H and O–H groups in total. The van der Waals surface area contributed by atoms with Gasteiger partial charge in [0.2, 0.25) is 0 Å². The molecule has 2 fully saturated rings. The number of hydrogen-bond acceptors (Lipinski definition) is 5. The highest BCUT2D eigenvalue weighted by Crippen LogP contribution is 2.34. The van der Waals surface area contributed by atoms with Crippen molar-refractivity contribution in [3.63, 3.8) is 0 Å². The van der Waals surface area contributed by atoms with Crippen LogP contribution in [0.5, 0.6) is 0 Å². The van der Waals surface area contributed by atoms with Crippen LogP contribution in [-0.2, 0) is 10.9 Å². The highest BCUT2D eigenvalue weighted by molar-refractivity contribution is 5.99. The van der Waals surface area contributed by atoms with Gasteiger partial charge in [-0.3, -0.25) is 9.59 Å². The van der Waals surface area contributed by atoms with Crippen molar-refractivity contribution in [2.45, 2.75) is 70.3 Å². The summed E-state index contributed by atoms with van der Waals surface area (Å²) in [6.07, 6.45) is 1.25. The van der Waals surface area contributed by atoms with E-state index in [0.717, 1.165) is 38.4 Å². The van der Waals surface area contributed by atoms with Crippen LogP contribution in [0.25, 0.3) is 0 Å². The van der Waals surface area contributed by atoms with Crippen molar-refractivity contribution in [2.75, 3.05) is 38.7 Å². The van der Waals surface area contributed by atoms with E-state index < -0.39 is 23.7 Å². The average molecular weight is 535 g/mol. The first-order valence-corrected chi connectivity index (χ1v) is 13.3. The predicted molar refractivity (Wildman–Crippen MR) is 141 cm³/mol. The highest BCUT2D eigenvalue weighted by atomic mass is 19.4. The third-order valence-electron chi connectivity index (χ3n) is 7.72. The maximum Gasteiger partial charge on any atom is 0.416 e. The number of carbonyl (C=O) groups is 1. The number of ether oxygens (including phenoxy) is 1. The smallest absolute Gasteiger partial charge is 0.381 e. The van der Waals surface area contributed by atoms with E-state index in [-0.39, 0.29) is 23.2 Å². The molecule has 38 heavy (non-hydrogen) atoms. The highest BCUT2D eigenvalue weighted by Gasteiger charge is 2.33. The first kappa shape index (κ1) is 28.2. The zero-order valence-electron chi connectivity index (χ0n) is 22.2.